The Morgan fingerprint density at radius 1 is 1.31 bits per heavy atom. The van der Waals surface area contributed by atoms with E-state index in [9.17, 15) is 14.5 Å². The Hall–Kier alpha value is -2.63. The maximum Gasteiger partial charge on any atom is 0.397 e. The maximum atomic E-state index is 12.1. The summed E-state index contributed by atoms with van der Waals surface area (Å²) >= 11 is 0. The lowest BCUT2D eigenvalue weighted by Gasteiger charge is -2.26. The number of hydrogen-bond acceptors (Lipinski definition) is 10. The molecule has 32 heavy (non-hydrogen) atoms. The molecule has 1 aromatic heterocycles. The van der Waals surface area contributed by atoms with Gasteiger partial charge < -0.3 is 19.2 Å². The number of para-hydroxylation sites is 1. The quantitative estimate of drug-likeness (QED) is 0.353. The Kier molecular flexibility index (Phi) is 8.48. The average Bonchev–Trinajstić information content (AvgIpc) is 3.28. The number of hydrogen-bond donors (Lipinski definition) is 2. The Balaban J connectivity index is 0.00000141. The van der Waals surface area contributed by atoms with Crippen LogP contribution in [0.1, 0.15) is 35.8 Å². The van der Waals surface area contributed by atoms with Gasteiger partial charge in [-0.2, -0.15) is 0 Å². The van der Waals surface area contributed by atoms with Gasteiger partial charge in [0.1, 0.15) is 12.0 Å². The van der Waals surface area contributed by atoms with E-state index in [2.05, 4.69) is 15.2 Å². The fourth-order valence-corrected chi connectivity index (χ4v) is 4.46. The predicted molar refractivity (Wildman–Crippen MR) is 113 cm³/mol. The number of nitrogens with zero attached hydrogens (tertiary/aromatic N) is 2. The van der Waals surface area contributed by atoms with Crippen LogP contribution in [0.15, 0.2) is 39.3 Å². The lowest BCUT2D eigenvalue weighted by molar-refractivity contribution is -0.0232. The molecule has 0 radical (unpaired) electrons. The van der Waals surface area contributed by atoms with E-state index in [0.29, 0.717) is 19.4 Å². The Morgan fingerprint density at radius 2 is 2.12 bits per heavy atom. The van der Waals surface area contributed by atoms with Crippen molar-refractivity contribution in [2.24, 2.45) is 5.34 Å². The first-order valence-electron chi connectivity index (χ1n) is 9.76. The van der Waals surface area contributed by atoms with Gasteiger partial charge in [0, 0.05) is 18.9 Å². The van der Waals surface area contributed by atoms with Gasteiger partial charge in [-0.3, -0.25) is 23.4 Å². The molecule has 2 aliphatic rings. The number of fused-ring (bicyclic) bond motifs is 1. The van der Waals surface area contributed by atoms with Gasteiger partial charge in [0.2, 0.25) is 0 Å². The fraction of sp³-hybridized carbons (Fsp3) is 0.474. The third-order valence-electron chi connectivity index (χ3n) is 4.86. The Morgan fingerprint density at radius 3 is 2.91 bits per heavy atom. The third-order valence-corrected chi connectivity index (χ3v) is 5.89. The van der Waals surface area contributed by atoms with Crippen molar-refractivity contribution in [3.05, 3.63) is 66.8 Å². The molecule has 12 nitrogen and oxygen atoms in total. The zero-order valence-electron chi connectivity index (χ0n) is 17.6. The molecule has 4 rings (SSSR count). The van der Waals surface area contributed by atoms with E-state index in [1.54, 1.807) is 0 Å². The van der Waals surface area contributed by atoms with Gasteiger partial charge in [0.15, 0.2) is 11.9 Å². The van der Waals surface area contributed by atoms with Gasteiger partial charge in [-0.15, -0.1) is 4.91 Å². The number of aryl methyl sites for hydroxylation is 1. The molecule has 1 fully saturated rings. The molecule has 1 aromatic carbocycles. The Bertz CT molecular complexity index is 1040. The molecule has 0 amide bonds. The maximum absolute atomic E-state index is 12.1. The van der Waals surface area contributed by atoms with Crippen molar-refractivity contribution in [1.29, 1.82) is 0 Å². The van der Waals surface area contributed by atoms with E-state index < -0.39 is 26.1 Å². The summed E-state index contributed by atoms with van der Waals surface area (Å²) in [5, 5.41) is 9.26. The number of H-pyrrole nitrogens is 1. The number of aliphatic hydroxyl groups is 1. The summed E-state index contributed by atoms with van der Waals surface area (Å²) in [6.45, 7) is 2.30. The number of aromatic nitrogens is 2. The molecule has 0 bridgehead atoms. The number of aliphatic hydroxyl groups excluding tert-OH is 1. The highest BCUT2D eigenvalue weighted by atomic mass is 31.2. The van der Waals surface area contributed by atoms with Gasteiger partial charge in [-0.1, -0.05) is 18.2 Å². The summed E-state index contributed by atoms with van der Waals surface area (Å²) in [6.07, 6.45) is 1.68. The summed E-state index contributed by atoms with van der Waals surface area (Å²) in [4.78, 5) is 40.6. The molecule has 3 unspecified atom stereocenters. The highest BCUT2D eigenvalue weighted by Gasteiger charge is 2.31. The zero-order chi connectivity index (χ0) is 23.1. The molecule has 2 aliphatic heterocycles. The molecule has 2 aromatic rings. The van der Waals surface area contributed by atoms with Crippen molar-refractivity contribution >= 4 is 8.60 Å². The minimum absolute atomic E-state index is 0.0963. The zero-order valence-corrected chi connectivity index (χ0v) is 18.4. The predicted octanol–water partition coefficient (Wildman–Crippen LogP) is 2.18. The summed E-state index contributed by atoms with van der Waals surface area (Å²) in [6, 6.07) is 5.87. The van der Waals surface area contributed by atoms with Crippen LogP contribution >= 0.6 is 8.60 Å². The molecule has 2 N–H and O–H groups in total. The number of benzene rings is 1. The molecule has 0 spiro atoms. The summed E-state index contributed by atoms with van der Waals surface area (Å²) in [5.41, 5.74) is 0.856. The van der Waals surface area contributed by atoms with Crippen molar-refractivity contribution < 1.29 is 28.3 Å². The highest BCUT2D eigenvalue weighted by Crippen LogP contribution is 2.48. The summed E-state index contributed by atoms with van der Waals surface area (Å²) < 4.78 is 24.4. The number of ether oxygens (including phenoxy) is 1. The summed E-state index contributed by atoms with van der Waals surface area (Å²) in [5.74, 6) is 0.791. The third kappa shape index (κ3) is 5.59. The van der Waals surface area contributed by atoms with Crippen molar-refractivity contribution in [3.8, 4) is 5.75 Å². The minimum atomic E-state index is -1.53. The van der Waals surface area contributed by atoms with Crippen LogP contribution in [0.25, 0.3) is 0 Å². The standard InChI is InChI=1S/C18H20N3O8P.CH4O/c1-11-3-2-4-12-9-26-30(29-16(11)12)27-10-14-5-6-15(28-14)21-7-13(8-25-20-24)17(22)19-18(21)23;1-2/h2-4,7,14-15H,5-6,8-10H2,1H3,(H,19,22,23);2H,1H3. The minimum Gasteiger partial charge on any atom is -0.426 e. The number of aromatic amines is 1. The van der Waals surface area contributed by atoms with E-state index in [1.165, 1.54) is 10.8 Å². The summed E-state index contributed by atoms with van der Waals surface area (Å²) in [7, 11) is -0.534. The topological polar surface area (TPSA) is 151 Å². The number of nitrogens with one attached hydrogen (secondary N) is 1. The van der Waals surface area contributed by atoms with E-state index >= 15 is 0 Å². The van der Waals surface area contributed by atoms with Crippen LogP contribution < -0.4 is 15.8 Å². The largest absolute Gasteiger partial charge is 0.426 e. The molecular formula is C19H24N3O9P. The molecular weight excluding hydrogens is 445 g/mol. The second kappa shape index (κ2) is 11.3. The normalized spacial score (nSPS) is 21.7. The molecule has 13 heteroatoms. The smallest absolute Gasteiger partial charge is 0.397 e. The molecule has 0 aliphatic carbocycles. The van der Waals surface area contributed by atoms with Gasteiger partial charge in [-0.05, 0) is 25.3 Å². The van der Waals surface area contributed by atoms with Crippen molar-refractivity contribution in [3.63, 3.8) is 0 Å². The fourth-order valence-electron chi connectivity index (χ4n) is 3.34. The average molecular weight is 469 g/mol. The monoisotopic (exact) mass is 469 g/mol. The van der Waals surface area contributed by atoms with Gasteiger partial charge >= 0.3 is 14.3 Å². The molecule has 174 valence electrons. The first-order chi connectivity index (χ1) is 15.5. The SMILES string of the molecule is CO.Cc1cccc2c1OP(OCC1CCC(n3cc(CON=O)c(=O)[nH]c3=O)O1)OC2. The molecule has 3 heterocycles. The van der Waals surface area contributed by atoms with Crippen molar-refractivity contribution in [1.82, 2.24) is 9.55 Å². The number of rotatable bonds is 7. The first kappa shape index (κ1) is 24.0. The van der Waals surface area contributed by atoms with E-state index in [1.807, 2.05) is 25.1 Å². The Labute approximate surface area is 184 Å². The molecule has 3 atom stereocenters. The van der Waals surface area contributed by atoms with Crippen LogP contribution in [-0.4, -0.2) is 34.5 Å². The second-order valence-electron chi connectivity index (χ2n) is 6.91. The van der Waals surface area contributed by atoms with Gasteiger partial charge in [-0.25, -0.2) is 4.79 Å². The van der Waals surface area contributed by atoms with E-state index in [0.717, 1.165) is 24.0 Å². The van der Waals surface area contributed by atoms with E-state index in [4.69, 9.17) is 23.4 Å². The molecule has 0 saturated carbocycles. The van der Waals surface area contributed by atoms with Crippen LogP contribution in [-0.2, 0) is 31.8 Å². The van der Waals surface area contributed by atoms with Crippen molar-refractivity contribution in [2.45, 2.75) is 45.3 Å². The lowest BCUT2D eigenvalue weighted by Crippen LogP contribution is -2.34. The van der Waals surface area contributed by atoms with Crippen LogP contribution in [0, 0.1) is 11.8 Å². The van der Waals surface area contributed by atoms with Crippen LogP contribution in [0.5, 0.6) is 5.75 Å². The van der Waals surface area contributed by atoms with Gasteiger partial charge in [0.25, 0.3) is 5.56 Å². The van der Waals surface area contributed by atoms with Crippen molar-refractivity contribution in [2.75, 3.05) is 13.7 Å². The lowest BCUT2D eigenvalue weighted by atomic mass is 10.1. The van der Waals surface area contributed by atoms with Crippen LogP contribution in [0.3, 0.4) is 0 Å². The van der Waals surface area contributed by atoms with Gasteiger partial charge in [0.05, 0.1) is 24.9 Å². The highest BCUT2D eigenvalue weighted by molar-refractivity contribution is 7.42. The van der Waals surface area contributed by atoms with Crippen LogP contribution in [0.4, 0.5) is 0 Å². The van der Waals surface area contributed by atoms with E-state index in [-0.39, 0.29) is 24.9 Å². The van der Waals surface area contributed by atoms with Crippen LogP contribution in [0.2, 0.25) is 0 Å². The first-order valence-corrected chi connectivity index (χ1v) is 10.9. The second-order valence-corrected chi connectivity index (χ2v) is 8.05. The molecule has 1 saturated heterocycles.